The number of hydrogen-bond acceptors (Lipinski definition) is 8. The Hall–Kier alpha value is -4.68. The lowest BCUT2D eigenvalue weighted by Crippen LogP contribution is -2.50. The van der Waals surface area contributed by atoms with Crippen LogP contribution in [0.25, 0.3) is 0 Å². The Bertz CT molecular complexity index is 1520. The largest absolute Gasteiger partial charge is 0.490 e. The molecule has 43 heavy (non-hydrogen) atoms. The van der Waals surface area contributed by atoms with Gasteiger partial charge in [0.05, 0.1) is 37.4 Å². The number of ketones is 1. The van der Waals surface area contributed by atoms with Crippen molar-refractivity contribution in [2.75, 3.05) is 31.2 Å². The van der Waals surface area contributed by atoms with Gasteiger partial charge in [-0.1, -0.05) is 20.8 Å². The summed E-state index contributed by atoms with van der Waals surface area (Å²) in [6.45, 7) is 8.71. The Kier molecular flexibility index (Phi) is 8.65. The van der Waals surface area contributed by atoms with E-state index in [1.807, 2.05) is 20.8 Å². The van der Waals surface area contributed by atoms with Crippen LogP contribution >= 0.6 is 0 Å². The summed E-state index contributed by atoms with van der Waals surface area (Å²) in [6, 6.07) is 4.59. The number of primary amides is 1. The number of fused-ring (bicyclic) bond motifs is 2. The summed E-state index contributed by atoms with van der Waals surface area (Å²) in [6.07, 6.45) is -2.03. The van der Waals surface area contributed by atoms with Gasteiger partial charge >= 0.3 is 5.97 Å². The first-order valence-corrected chi connectivity index (χ1v) is 13.8. The van der Waals surface area contributed by atoms with E-state index in [4.69, 9.17) is 25.4 Å². The number of amidine groups is 1. The second-order valence-corrected chi connectivity index (χ2v) is 11.3. The number of Topliss-reactive ketones (excluding diaryl/α,β-unsaturated/α-hetero) is 1. The molecule has 2 heterocycles. The molecule has 0 saturated heterocycles. The third kappa shape index (κ3) is 6.11. The van der Waals surface area contributed by atoms with Gasteiger partial charge in [0, 0.05) is 17.7 Å². The van der Waals surface area contributed by atoms with Crippen LogP contribution in [0, 0.1) is 11.2 Å². The number of rotatable bonds is 11. The standard InChI is InChI=1S/C30H35FN4O8/c1-6-41-20-10-16-12-34(28(33)24(16)25(31)27(20)42-7-2)13-19(36)15-8-17(30(3,4)5)26-18(9-15)35(14-22(32)37)29(40)21(43-26)11-23(38)39/h8-10,21,33H,6-7,11-14H2,1-5H3,(H2,32,37)(H,38,39). The fourth-order valence-electron chi connectivity index (χ4n) is 5.17. The first kappa shape index (κ1) is 31.3. The third-order valence-corrected chi connectivity index (χ3v) is 7.07. The maximum atomic E-state index is 15.5. The van der Waals surface area contributed by atoms with Gasteiger partial charge in [0.2, 0.25) is 5.91 Å². The SMILES string of the molecule is CCOc1cc2c(c(F)c1OCC)C(=N)N(CC(=O)c1cc3c(c(C(C)(C)C)c1)OC(CC(=O)O)C(=O)N3CC(N)=O)C2. The first-order valence-electron chi connectivity index (χ1n) is 13.8. The average Bonchev–Trinajstić information content (AvgIpc) is 3.21. The number of amides is 2. The van der Waals surface area contributed by atoms with E-state index < -0.39 is 53.9 Å². The normalized spacial score (nSPS) is 16.0. The lowest BCUT2D eigenvalue weighted by molar-refractivity contribution is -0.142. The van der Waals surface area contributed by atoms with E-state index in [9.17, 15) is 24.3 Å². The van der Waals surface area contributed by atoms with Gasteiger partial charge in [-0.2, -0.15) is 0 Å². The van der Waals surface area contributed by atoms with E-state index in [0.29, 0.717) is 11.1 Å². The molecule has 2 amide bonds. The molecule has 0 aromatic heterocycles. The summed E-state index contributed by atoms with van der Waals surface area (Å²) in [5.41, 5.74) is 6.03. The quantitative estimate of drug-likeness (QED) is 0.329. The number of ether oxygens (including phenoxy) is 3. The molecule has 0 fully saturated rings. The smallest absolute Gasteiger partial charge is 0.307 e. The Labute approximate surface area is 248 Å². The highest BCUT2D eigenvalue weighted by molar-refractivity contribution is 6.09. The van der Waals surface area contributed by atoms with Crippen LogP contribution in [0.3, 0.4) is 0 Å². The van der Waals surface area contributed by atoms with Gasteiger partial charge in [-0.05, 0) is 43.0 Å². The molecule has 2 aromatic carbocycles. The van der Waals surface area contributed by atoms with Crippen LogP contribution in [0.15, 0.2) is 18.2 Å². The number of hydrogen-bond donors (Lipinski definition) is 3. The van der Waals surface area contributed by atoms with Crippen LogP contribution in [-0.4, -0.2) is 71.8 Å². The topological polar surface area (TPSA) is 173 Å². The maximum Gasteiger partial charge on any atom is 0.307 e. The highest BCUT2D eigenvalue weighted by Crippen LogP contribution is 2.44. The molecule has 4 rings (SSSR count). The van der Waals surface area contributed by atoms with E-state index in [1.54, 1.807) is 26.0 Å². The van der Waals surface area contributed by atoms with Gasteiger partial charge in [-0.3, -0.25) is 29.5 Å². The number of nitrogens with two attached hydrogens (primary N) is 1. The second kappa shape index (κ2) is 11.9. The molecule has 0 aliphatic carbocycles. The highest BCUT2D eigenvalue weighted by Gasteiger charge is 2.40. The number of aliphatic carboxylic acids is 1. The minimum absolute atomic E-state index is 0.0247. The van der Waals surface area contributed by atoms with E-state index in [0.717, 1.165) is 4.90 Å². The predicted molar refractivity (Wildman–Crippen MR) is 154 cm³/mol. The molecule has 0 saturated carbocycles. The van der Waals surface area contributed by atoms with Crippen molar-refractivity contribution in [3.8, 4) is 17.2 Å². The average molecular weight is 599 g/mol. The molecule has 0 radical (unpaired) electrons. The van der Waals surface area contributed by atoms with E-state index in [-0.39, 0.29) is 66.2 Å². The van der Waals surface area contributed by atoms with Gasteiger partial charge in [0.1, 0.15) is 18.1 Å². The number of benzene rings is 2. The van der Waals surface area contributed by atoms with Crippen molar-refractivity contribution in [3.05, 3.63) is 46.3 Å². The number of carbonyl (C=O) groups excluding carboxylic acids is 3. The number of halogens is 1. The number of anilines is 1. The molecule has 2 aliphatic rings. The number of nitrogens with one attached hydrogen (secondary N) is 1. The minimum atomic E-state index is -1.39. The molecule has 4 N–H and O–H groups in total. The molecule has 2 aromatic rings. The Balaban J connectivity index is 1.72. The summed E-state index contributed by atoms with van der Waals surface area (Å²) >= 11 is 0. The first-order chi connectivity index (χ1) is 20.2. The van der Waals surface area contributed by atoms with Crippen molar-refractivity contribution < 1.29 is 42.9 Å². The highest BCUT2D eigenvalue weighted by atomic mass is 19.1. The molecule has 0 spiro atoms. The molecule has 13 heteroatoms. The fourth-order valence-corrected chi connectivity index (χ4v) is 5.17. The van der Waals surface area contributed by atoms with Gasteiger partial charge in [0.25, 0.3) is 5.91 Å². The zero-order valence-electron chi connectivity index (χ0n) is 24.7. The summed E-state index contributed by atoms with van der Waals surface area (Å²) in [4.78, 5) is 52.7. The number of carbonyl (C=O) groups is 4. The van der Waals surface area contributed by atoms with Crippen LogP contribution in [0.4, 0.5) is 10.1 Å². The van der Waals surface area contributed by atoms with Crippen molar-refractivity contribution >= 4 is 35.1 Å². The lowest BCUT2D eigenvalue weighted by Gasteiger charge is -2.37. The van der Waals surface area contributed by atoms with Crippen molar-refractivity contribution in [1.29, 1.82) is 5.41 Å². The van der Waals surface area contributed by atoms with Crippen LogP contribution in [0.5, 0.6) is 17.2 Å². The van der Waals surface area contributed by atoms with Crippen LogP contribution in [0.2, 0.25) is 0 Å². The van der Waals surface area contributed by atoms with E-state index in [2.05, 4.69) is 0 Å². The van der Waals surface area contributed by atoms with Crippen LogP contribution < -0.4 is 24.8 Å². The molecular weight excluding hydrogens is 563 g/mol. The van der Waals surface area contributed by atoms with Crippen molar-refractivity contribution in [2.24, 2.45) is 5.73 Å². The fraction of sp³-hybridized carbons (Fsp3) is 0.433. The van der Waals surface area contributed by atoms with Gasteiger partial charge in [-0.25, -0.2) is 4.39 Å². The van der Waals surface area contributed by atoms with Gasteiger partial charge in [0.15, 0.2) is 29.2 Å². The molecule has 2 aliphatic heterocycles. The zero-order chi connectivity index (χ0) is 31.8. The molecule has 1 atom stereocenters. The molecule has 0 bridgehead atoms. The molecule has 1 unspecified atom stereocenters. The Morgan fingerprint density at radius 1 is 1.14 bits per heavy atom. The molecular formula is C30H35FN4O8. The molecule has 12 nitrogen and oxygen atoms in total. The lowest BCUT2D eigenvalue weighted by atomic mass is 9.83. The van der Waals surface area contributed by atoms with Crippen molar-refractivity contribution in [1.82, 2.24) is 4.90 Å². The summed E-state index contributed by atoms with van der Waals surface area (Å²) in [5, 5.41) is 18.0. The monoisotopic (exact) mass is 598 g/mol. The molecule has 230 valence electrons. The third-order valence-electron chi connectivity index (χ3n) is 7.07. The van der Waals surface area contributed by atoms with Crippen LogP contribution in [0.1, 0.15) is 68.1 Å². The summed E-state index contributed by atoms with van der Waals surface area (Å²) in [5.74, 6) is -3.96. The number of carboxylic acids is 1. The summed E-state index contributed by atoms with van der Waals surface area (Å²) in [7, 11) is 0. The second-order valence-electron chi connectivity index (χ2n) is 11.3. The van der Waals surface area contributed by atoms with E-state index >= 15 is 4.39 Å². The zero-order valence-corrected chi connectivity index (χ0v) is 24.7. The number of carboxylic acid groups (broad SMARTS) is 1. The van der Waals surface area contributed by atoms with Crippen molar-refractivity contribution in [3.63, 3.8) is 0 Å². The van der Waals surface area contributed by atoms with Crippen LogP contribution in [-0.2, 0) is 26.3 Å². The van der Waals surface area contributed by atoms with Gasteiger partial charge < -0.3 is 30.0 Å². The van der Waals surface area contributed by atoms with Gasteiger partial charge in [-0.15, -0.1) is 0 Å². The number of nitrogens with zero attached hydrogens (tertiary/aromatic N) is 2. The predicted octanol–water partition coefficient (Wildman–Crippen LogP) is 3.00. The minimum Gasteiger partial charge on any atom is -0.490 e. The summed E-state index contributed by atoms with van der Waals surface area (Å²) < 4.78 is 32.4. The maximum absolute atomic E-state index is 15.5. The van der Waals surface area contributed by atoms with E-state index in [1.165, 1.54) is 11.0 Å². The Morgan fingerprint density at radius 2 is 1.81 bits per heavy atom. The Morgan fingerprint density at radius 3 is 2.40 bits per heavy atom. The van der Waals surface area contributed by atoms with Crippen molar-refractivity contribution in [2.45, 2.75) is 59.1 Å².